The first kappa shape index (κ1) is 25.8. The SMILES string of the molecule is COc1cc2c(cc1OC)CN(C(=O)Nc1ccc(C(=O)NC3CC(C)(C)NC(C)(C)C3)cc1)CC2. The van der Waals surface area contributed by atoms with Gasteiger partial charge in [0, 0.05) is 41.5 Å². The lowest BCUT2D eigenvalue weighted by molar-refractivity contribution is 0.0873. The van der Waals surface area contributed by atoms with Gasteiger partial charge >= 0.3 is 6.03 Å². The van der Waals surface area contributed by atoms with Crippen molar-refractivity contribution in [3.8, 4) is 11.5 Å². The van der Waals surface area contributed by atoms with E-state index in [1.165, 1.54) is 0 Å². The summed E-state index contributed by atoms with van der Waals surface area (Å²) in [5, 5.41) is 9.78. The summed E-state index contributed by atoms with van der Waals surface area (Å²) in [7, 11) is 3.23. The van der Waals surface area contributed by atoms with Crippen LogP contribution < -0.4 is 25.4 Å². The lowest BCUT2D eigenvalue weighted by atomic mass is 9.79. The first-order chi connectivity index (χ1) is 17.0. The van der Waals surface area contributed by atoms with Crippen molar-refractivity contribution >= 4 is 17.6 Å². The first-order valence-electron chi connectivity index (χ1n) is 12.5. The van der Waals surface area contributed by atoms with Crippen LogP contribution >= 0.6 is 0 Å². The zero-order valence-corrected chi connectivity index (χ0v) is 22.2. The molecule has 2 aliphatic rings. The molecule has 0 spiro atoms. The normalized spacial score (nSPS) is 18.7. The van der Waals surface area contributed by atoms with Gasteiger partial charge in [-0.25, -0.2) is 4.79 Å². The summed E-state index contributed by atoms with van der Waals surface area (Å²) in [6, 6.07) is 10.9. The van der Waals surface area contributed by atoms with Crippen LogP contribution in [0.4, 0.5) is 10.5 Å². The number of benzene rings is 2. The molecule has 0 radical (unpaired) electrons. The van der Waals surface area contributed by atoms with Crippen LogP contribution in [0.2, 0.25) is 0 Å². The first-order valence-corrected chi connectivity index (χ1v) is 12.5. The highest BCUT2D eigenvalue weighted by Gasteiger charge is 2.38. The molecular weight excluding hydrogens is 456 g/mol. The summed E-state index contributed by atoms with van der Waals surface area (Å²) in [4.78, 5) is 27.6. The van der Waals surface area contributed by atoms with Crippen LogP contribution in [0.25, 0.3) is 0 Å². The number of hydrogen-bond donors (Lipinski definition) is 3. The Bertz CT molecular complexity index is 1110. The van der Waals surface area contributed by atoms with Gasteiger partial charge in [0.2, 0.25) is 0 Å². The van der Waals surface area contributed by atoms with Gasteiger partial charge in [-0.15, -0.1) is 0 Å². The minimum absolute atomic E-state index is 0.0417. The van der Waals surface area contributed by atoms with Gasteiger partial charge in [0.15, 0.2) is 11.5 Å². The predicted octanol–water partition coefficient (Wildman–Crippen LogP) is 4.33. The molecule has 0 atom stereocenters. The number of ether oxygens (including phenoxy) is 2. The van der Waals surface area contributed by atoms with E-state index in [2.05, 4.69) is 43.6 Å². The molecule has 2 aromatic rings. The Labute approximate surface area is 213 Å². The Morgan fingerprint density at radius 1 is 0.944 bits per heavy atom. The standard InChI is InChI=1S/C28H38N4O4/c1-27(2)15-22(16-28(3,4)31-27)29-25(33)18-7-9-21(10-8-18)30-26(34)32-12-11-19-13-23(35-5)24(36-6)14-20(19)17-32/h7-10,13-14,22,31H,11-12,15-17H2,1-6H3,(H,29,33)(H,30,34). The van der Waals surface area contributed by atoms with Crippen molar-refractivity contribution in [1.82, 2.24) is 15.5 Å². The minimum atomic E-state index is -0.174. The summed E-state index contributed by atoms with van der Waals surface area (Å²) >= 11 is 0. The van der Waals surface area contributed by atoms with Gasteiger partial charge in [0.1, 0.15) is 0 Å². The maximum Gasteiger partial charge on any atom is 0.322 e. The second kappa shape index (κ2) is 10.0. The van der Waals surface area contributed by atoms with Crippen LogP contribution in [0.3, 0.4) is 0 Å². The molecule has 3 amide bonds. The molecule has 2 heterocycles. The van der Waals surface area contributed by atoms with Crippen molar-refractivity contribution in [3.05, 3.63) is 53.1 Å². The summed E-state index contributed by atoms with van der Waals surface area (Å²) < 4.78 is 10.8. The number of anilines is 1. The predicted molar refractivity (Wildman–Crippen MR) is 141 cm³/mol. The van der Waals surface area contributed by atoms with Crippen LogP contribution in [0.1, 0.15) is 62.0 Å². The van der Waals surface area contributed by atoms with E-state index >= 15 is 0 Å². The van der Waals surface area contributed by atoms with Crippen molar-refractivity contribution in [1.29, 1.82) is 0 Å². The summed E-state index contributed by atoms with van der Waals surface area (Å²) in [6.45, 7) is 9.76. The number of piperidine rings is 1. The van der Waals surface area contributed by atoms with Crippen LogP contribution in [-0.4, -0.2) is 54.7 Å². The molecule has 8 nitrogen and oxygen atoms in total. The molecule has 0 aromatic heterocycles. The van der Waals surface area contributed by atoms with Gasteiger partial charge in [-0.3, -0.25) is 4.79 Å². The number of nitrogens with zero attached hydrogens (tertiary/aromatic N) is 1. The van der Waals surface area contributed by atoms with Crippen LogP contribution in [0.5, 0.6) is 11.5 Å². The van der Waals surface area contributed by atoms with Gasteiger partial charge in [0.05, 0.1) is 14.2 Å². The van der Waals surface area contributed by atoms with E-state index in [9.17, 15) is 9.59 Å². The maximum absolute atomic E-state index is 12.9. The number of rotatable bonds is 5. The molecule has 0 saturated carbocycles. The molecular formula is C28H38N4O4. The number of fused-ring (bicyclic) bond motifs is 1. The molecule has 2 aliphatic heterocycles. The zero-order chi connectivity index (χ0) is 26.1. The fourth-order valence-corrected chi connectivity index (χ4v) is 5.66. The average Bonchev–Trinajstić information content (AvgIpc) is 2.81. The molecule has 1 fully saturated rings. The summed E-state index contributed by atoms with van der Waals surface area (Å²) in [5.41, 5.74) is 3.35. The summed E-state index contributed by atoms with van der Waals surface area (Å²) in [6.07, 6.45) is 2.48. The monoisotopic (exact) mass is 494 g/mol. The second-order valence-corrected chi connectivity index (χ2v) is 11.1. The van der Waals surface area contributed by atoms with Gasteiger partial charge in [0.25, 0.3) is 5.91 Å². The lowest BCUT2D eigenvalue weighted by Crippen LogP contribution is -2.62. The maximum atomic E-state index is 12.9. The van der Waals surface area contributed by atoms with Crippen LogP contribution in [0.15, 0.2) is 36.4 Å². The fraction of sp³-hybridized carbons (Fsp3) is 0.500. The third kappa shape index (κ3) is 5.93. The van der Waals surface area contributed by atoms with E-state index in [4.69, 9.17) is 9.47 Å². The highest BCUT2D eigenvalue weighted by atomic mass is 16.5. The van der Waals surface area contributed by atoms with Gasteiger partial charge in [-0.05, 0) is 94.5 Å². The van der Waals surface area contributed by atoms with Gasteiger partial charge in [-0.1, -0.05) is 0 Å². The van der Waals surface area contributed by atoms with Crippen molar-refractivity contribution in [2.45, 2.75) is 70.6 Å². The fourth-order valence-electron chi connectivity index (χ4n) is 5.66. The van der Waals surface area contributed by atoms with E-state index in [0.29, 0.717) is 35.8 Å². The molecule has 0 bridgehead atoms. The van der Waals surface area contributed by atoms with Crippen molar-refractivity contribution < 1.29 is 19.1 Å². The smallest absolute Gasteiger partial charge is 0.322 e. The highest BCUT2D eigenvalue weighted by Crippen LogP contribution is 2.33. The number of carbonyl (C=O) groups excluding carboxylic acids is 2. The topological polar surface area (TPSA) is 91.9 Å². The molecule has 8 heteroatoms. The van der Waals surface area contributed by atoms with Crippen molar-refractivity contribution in [3.63, 3.8) is 0 Å². The molecule has 36 heavy (non-hydrogen) atoms. The largest absolute Gasteiger partial charge is 0.493 e. The van der Waals surface area contributed by atoms with Crippen LogP contribution in [0, 0.1) is 0 Å². The molecule has 0 unspecified atom stereocenters. The molecule has 3 N–H and O–H groups in total. The zero-order valence-electron chi connectivity index (χ0n) is 22.2. The van der Waals surface area contributed by atoms with E-state index in [0.717, 1.165) is 30.4 Å². The minimum Gasteiger partial charge on any atom is -0.493 e. The van der Waals surface area contributed by atoms with Crippen molar-refractivity contribution in [2.75, 3.05) is 26.1 Å². The van der Waals surface area contributed by atoms with Crippen molar-refractivity contribution in [2.24, 2.45) is 0 Å². The third-order valence-corrected chi connectivity index (χ3v) is 6.93. The number of carbonyl (C=O) groups is 2. The van der Waals surface area contributed by atoms with Gasteiger partial charge in [-0.2, -0.15) is 0 Å². The Morgan fingerprint density at radius 2 is 1.53 bits per heavy atom. The highest BCUT2D eigenvalue weighted by molar-refractivity contribution is 5.95. The van der Waals surface area contributed by atoms with E-state index in [1.54, 1.807) is 43.4 Å². The Balaban J connectivity index is 1.35. The number of nitrogens with one attached hydrogen (secondary N) is 3. The molecule has 194 valence electrons. The lowest BCUT2D eigenvalue weighted by Gasteiger charge is -2.46. The Kier molecular flexibility index (Phi) is 7.18. The molecule has 2 aromatic carbocycles. The van der Waals surface area contributed by atoms with E-state index < -0.39 is 0 Å². The second-order valence-electron chi connectivity index (χ2n) is 11.1. The molecule has 0 aliphatic carbocycles. The Hall–Kier alpha value is -3.26. The number of hydrogen-bond acceptors (Lipinski definition) is 5. The molecule has 1 saturated heterocycles. The molecule has 4 rings (SSSR count). The van der Waals surface area contributed by atoms with E-state index in [-0.39, 0.29) is 29.1 Å². The van der Waals surface area contributed by atoms with E-state index in [1.807, 2.05) is 12.1 Å². The number of amides is 3. The van der Waals surface area contributed by atoms with Crippen LogP contribution in [-0.2, 0) is 13.0 Å². The summed E-state index contributed by atoms with van der Waals surface area (Å²) in [5.74, 6) is 1.26. The Morgan fingerprint density at radius 3 is 2.11 bits per heavy atom. The quantitative estimate of drug-likeness (QED) is 0.575. The third-order valence-electron chi connectivity index (χ3n) is 6.93. The number of urea groups is 1. The van der Waals surface area contributed by atoms with Gasteiger partial charge < -0.3 is 30.3 Å². The average molecular weight is 495 g/mol. The number of methoxy groups -OCH3 is 2.